The lowest BCUT2D eigenvalue weighted by Gasteiger charge is -2.16. The summed E-state index contributed by atoms with van der Waals surface area (Å²) in [6.07, 6.45) is 19.9. The van der Waals surface area contributed by atoms with Crippen LogP contribution in [-0.4, -0.2) is 25.9 Å². The quantitative estimate of drug-likeness (QED) is 0.254. The Kier molecular flexibility index (Phi) is 17.9. The van der Waals surface area contributed by atoms with Gasteiger partial charge >= 0.3 is 0 Å². The molecule has 0 fully saturated rings. The molecule has 0 aromatic heterocycles. The number of allylic oxidation sites excluding steroid dienone is 2. The number of unbranched alkanes of at least 4 members (excludes halogenated alkanes) is 5. The molecule has 0 radical (unpaired) electrons. The van der Waals surface area contributed by atoms with E-state index in [0.29, 0.717) is 19.8 Å². The molecule has 0 aromatic rings. The first-order chi connectivity index (χ1) is 10.8. The summed E-state index contributed by atoms with van der Waals surface area (Å²) < 4.78 is 11.7. The molecule has 0 aliphatic rings. The van der Waals surface area contributed by atoms with Crippen molar-refractivity contribution in [1.29, 1.82) is 0 Å². The van der Waals surface area contributed by atoms with Gasteiger partial charge in [0.15, 0.2) is 0 Å². The van der Waals surface area contributed by atoms with Crippen LogP contribution in [0.15, 0.2) is 24.3 Å². The third kappa shape index (κ3) is 15.8. The minimum absolute atomic E-state index is 0.236. The maximum atomic E-state index is 5.93. The molecule has 0 bridgehead atoms. The Balaban J connectivity index is 3.77. The third-order valence-electron chi connectivity index (χ3n) is 3.61. The van der Waals surface area contributed by atoms with Crippen molar-refractivity contribution < 1.29 is 9.47 Å². The van der Waals surface area contributed by atoms with Gasteiger partial charge in [-0.15, -0.1) is 0 Å². The lowest BCUT2D eigenvalue weighted by molar-refractivity contribution is -0.00342. The van der Waals surface area contributed by atoms with Crippen molar-refractivity contribution in [1.82, 2.24) is 0 Å². The van der Waals surface area contributed by atoms with Crippen LogP contribution in [0.3, 0.4) is 0 Å². The second-order valence-corrected chi connectivity index (χ2v) is 5.86. The Bertz CT molecular complexity index is 258. The summed E-state index contributed by atoms with van der Waals surface area (Å²) in [7, 11) is 0. The fourth-order valence-corrected chi connectivity index (χ4v) is 2.12. The first-order valence-electron chi connectivity index (χ1n) is 9.34. The number of rotatable bonds is 16. The van der Waals surface area contributed by atoms with Crippen molar-refractivity contribution >= 4 is 0 Å². The summed E-state index contributed by atoms with van der Waals surface area (Å²) >= 11 is 0. The molecule has 2 heteroatoms. The van der Waals surface area contributed by atoms with Crippen molar-refractivity contribution in [3.8, 4) is 0 Å². The molecule has 0 N–H and O–H groups in total. The Hall–Kier alpha value is -0.600. The maximum absolute atomic E-state index is 5.93. The molecule has 1 unspecified atom stereocenters. The molecule has 22 heavy (non-hydrogen) atoms. The van der Waals surface area contributed by atoms with Crippen LogP contribution in [0.1, 0.15) is 78.6 Å². The van der Waals surface area contributed by atoms with Crippen molar-refractivity contribution in [3.63, 3.8) is 0 Å². The third-order valence-corrected chi connectivity index (χ3v) is 3.61. The molecule has 0 amide bonds. The first kappa shape index (κ1) is 21.4. The Morgan fingerprint density at radius 2 is 1.32 bits per heavy atom. The highest BCUT2D eigenvalue weighted by molar-refractivity contribution is 4.82. The van der Waals surface area contributed by atoms with Crippen LogP contribution >= 0.6 is 0 Å². The number of hydrogen-bond acceptors (Lipinski definition) is 2. The monoisotopic (exact) mass is 310 g/mol. The van der Waals surface area contributed by atoms with Gasteiger partial charge in [0.05, 0.1) is 25.9 Å². The molecule has 130 valence electrons. The second kappa shape index (κ2) is 18.4. The van der Waals surface area contributed by atoms with Gasteiger partial charge in [0.1, 0.15) is 0 Å². The molecule has 0 rings (SSSR count). The normalized spacial score (nSPS) is 13.4. The van der Waals surface area contributed by atoms with Crippen molar-refractivity contribution in [2.24, 2.45) is 0 Å². The fraction of sp³-hybridized carbons (Fsp3) is 0.800. The molecule has 0 saturated carbocycles. The summed E-state index contributed by atoms with van der Waals surface area (Å²) in [4.78, 5) is 0. The Morgan fingerprint density at radius 1 is 0.727 bits per heavy atom. The summed E-state index contributed by atoms with van der Waals surface area (Å²) in [5.41, 5.74) is 0. The van der Waals surface area contributed by atoms with Crippen LogP contribution in [0.25, 0.3) is 0 Å². The van der Waals surface area contributed by atoms with Gasteiger partial charge in [-0.3, -0.25) is 0 Å². The fourth-order valence-electron chi connectivity index (χ4n) is 2.12. The minimum atomic E-state index is 0.236. The van der Waals surface area contributed by atoms with Crippen LogP contribution in [0.2, 0.25) is 0 Å². The standard InChI is InChI=1S/C20H38O2/c1-4-7-10-12-14-17-21-19-20(16-9-6-3)22-18-15-13-11-8-5-2/h12-15,20H,4-11,16-19H2,1-3H3. The zero-order valence-electron chi connectivity index (χ0n) is 15.2. The van der Waals surface area contributed by atoms with E-state index in [0.717, 1.165) is 12.8 Å². The SMILES string of the molecule is CCCCC=CCOCC(CCCC)OCC=CCCCC. The zero-order valence-corrected chi connectivity index (χ0v) is 15.2. The van der Waals surface area contributed by atoms with Crippen LogP contribution in [0.5, 0.6) is 0 Å². The van der Waals surface area contributed by atoms with E-state index in [2.05, 4.69) is 45.1 Å². The zero-order chi connectivity index (χ0) is 16.3. The van der Waals surface area contributed by atoms with E-state index in [9.17, 15) is 0 Å². The molecule has 0 aliphatic carbocycles. The van der Waals surface area contributed by atoms with Gasteiger partial charge in [-0.1, -0.05) is 83.6 Å². The lowest BCUT2D eigenvalue weighted by atomic mass is 10.2. The summed E-state index contributed by atoms with van der Waals surface area (Å²) in [6, 6.07) is 0. The van der Waals surface area contributed by atoms with Gasteiger partial charge in [-0.25, -0.2) is 0 Å². The highest BCUT2D eigenvalue weighted by Crippen LogP contribution is 2.06. The molecule has 1 atom stereocenters. The van der Waals surface area contributed by atoms with Gasteiger partial charge < -0.3 is 9.47 Å². The molecule has 0 spiro atoms. The van der Waals surface area contributed by atoms with Gasteiger partial charge in [0.2, 0.25) is 0 Å². The van der Waals surface area contributed by atoms with Crippen molar-refractivity contribution in [2.45, 2.75) is 84.7 Å². The highest BCUT2D eigenvalue weighted by Gasteiger charge is 2.07. The van der Waals surface area contributed by atoms with E-state index in [1.807, 2.05) is 0 Å². The molecule has 0 heterocycles. The van der Waals surface area contributed by atoms with Crippen LogP contribution in [0.4, 0.5) is 0 Å². The lowest BCUT2D eigenvalue weighted by Crippen LogP contribution is -2.20. The second-order valence-electron chi connectivity index (χ2n) is 5.86. The maximum Gasteiger partial charge on any atom is 0.0812 e. The molecular formula is C20H38O2. The van der Waals surface area contributed by atoms with E-state index in [1.54, 1.807) is 0 Å². The van der Waals surface area contributed by atoms with Crippen LogP contribution in [-0.2, 0) is 9.47 Å². The Labute approximate surface area is 139 Å². The number of hydrogen-bond donors (Lipinski definition) is 0. The predicted octanol–water partition coefficient (Wildman–Crippen LogP) is 6.07. The predicted molar refractivity (Wildman–Crippen MR) is 97.4 cm³/mol. The van der Waals surface area contributed by atoms with E-state index < -0.39 is 0 Å². The Morgan fingerprint density at radius 3 is 1.91 bits per heavy atom. The summed E-state index contributed by atoms with van der Waals surface area (Å²) in [5, 5.41) is 0. The van der Waals surface area contributed by atoms with Crippen LogP contribution < -0.4 is 0 Å². The minimum Gasteiger partial charge on any atom is -0.375 e. The van der Waals surface area contributed by atoms with E-state index >= 15 is 0 Å². The molecule has 2 nitrogen and oxygen atoms in total. The van der Waals surface area contributed by atoms with Gasteiger partial charge in [-0.05, 0) is 19.3 Å². The van der Waals surface area contributed by atoms with E-state index in [4.69, 9.17) is 9.47 Å². The van der Waals surface area contributed by atoms with Crippen LogP contribution in [0, 0.1) is 0 Å². The van der Waals surface area contributed by atoms with Gasteiger partial charge in [0, 0.05) is 0 Å². The van der Waals surface area contributed by atoms with E-state index in [-0.39, 0.29) is 6.10 Å². The molecule has 0 aliphatic heterocycles. The van der Waals surface area contributed by atoms with Crippen molar-refractivity contribution in [2.75, 3.05) is 19.8 Å². The van der Waals surface area contributed by atoms with Gasteiger partial charge in [0.25, 0.3) is 0 Å². The van der Waals surface area contributed by atoms with E-state index in [1.165, 1.54) is 44.9 Å². The molecule has 0 saturated heterocycles. The summed E-state index contributed by atoms with van der Waals surface area (Å²) in [6.45, 7) is 8.80. The smallest absolute Gasteiger partial charge is 0.0812 e. The number of ether oxygens (including phenoxy) is 2. The largest absolute Gasteiger partial charge is 0.375 e. The molecule has 0 aromatic carbocycles. The first-order valence-corrected chi connectivity index (χ1v) is 9.34. The topological polar surface area (TPSA) is 18.5 Å². The summed E-state index contributed by atoms with van der Waals surface area (Å²) in [5.74, 6) is 0. The average Bonchev–Trinajstić information content (AvgIpc) is 2.54. The van der Waals surface area contributed by atoms with Gasteiger partial charge in [-0.2, -0.15) is 0 Å². The highest BCUT2D eigenvalue weighted by atomic mass is 16.5. The molecular weight excluding hydrogens is 272 g/mol. The van der Waals surface area contributed by atoms with Crippen molar-refractivity contribution in [3.05, 3.63) is 24.3 Å². The average molecular weight is 311 g/mol.